The van der Waals surface area contributed by atoms with Gasteiger partial charge < -0.3 is 10.5 Å². The lowest BCUT2D eigenvalue weighted by Gasteiger charge is -2.37. The molecule has 1 saturated heterocycles. The highest BCUT2D eigenvalue weighted by Gasteiger charge is 2.22. The molecule has 0 unspecified atom stereocenters. The highest BCUT2D eigenvalue weighted by atomic mass is 16.5. The van der Waals surface area contributed by atoms with Gasteiger partial charge in [-0.25, -0.2) is 0 Å². The first-order valence-corrected chi connectivity index (χ1v) is 5.52. The van der Waals surface area contributed by atoms with Gasteiger partial charge in [-0.3, -0.25) is 9.69 Å². The van der Waals surface area contributed by atoms with Gasteiger partial charge in [-0.05, 0) is 0 Å². The summed E-state index contributed by atoms with van der Waals surface area (Å²) in [5.74, 6) is -0.564. The minimum Gasteiger partial charge on any atom is -0.383 e. The lowest BCUT2D eigenvalue weighted by Crippen LogP contribution is -2.53. The number of carbonyl (C=O) groups excluding carboxylic acids is 1. The zero-order valence-electron chi connectivity index (χ0n) is 10.0. The van der Waals surface area contributed by atoms with E-state index in [2.05, 4.69) is 10.2 Å². The van der Waals surface area contributed by atoms with Crippen LogP contribution in [-0.4, -0.2) is 73.9 Å². The van der Waals surface area contributed by atoms with Crippen LogP contribution >= 0.6 is 0 Å². The van der Waals surface area contributed by atoms with Gasteiger partial charge >= 0.3 is 0 Å². The molecule has 0 aliphatic carbocycles. The van der Waals surface area contributed by atoms with Crippen molar-refractivity contribution >= 4 is 5.91 Å². The Kier molecular flexibility index (Phi) is 5.81. The second-order valence-corrected chi connectivity index (χ2v) is 3.87. The molecule has 1 aliphatic rings. The normalized spacial score (nSPS) is 17.9. The van der Waals surface area contributed by atoms with E-state index in [1.165, 1.54) is 0 Å². The molecular weight excluding hydrogens is 226 g/mol. The monoisotopic (exact) mass is 245 g/mol. The summed E-state index contributed by atoms with van der Waals surface area (Å²) >= 11 is 0. The van der Waals surface area contributed by atoms with Gasteiger partial charge in [0.15, 0.2) is 0 Å². The van der Waals surface area contributed by atoms with Crippen LogP contribution in [0.15, 0.2) is 5.29 Å². The summed E-state index contributed by atoms with van der Waals surface area (Å²) in [4.78, 5) is 23.6. The number of amides is 1. The number of primary amides is 1. The topological polar surface area (TPSA) is 91.5 Å². The average Bonchev–Trinajstić information content (AvgIpc) is 2.34. The maximum atomic E-state index is 10.7. The molecule has 8 nitrogen and oxygen atoms in total. The Labute approximate surface area is 100 Å². The van der Waals surface area contributed by atoms with E-state index in [-0.39, 0.29) is 6.54 Å². The minimum absolute atomic E-state index is 0.165. The van der Waals surface area contributed by atoms with Crippen LogP contribution in [0.25, 0.3) is 0 Å². The highest BCUT2D eigenvalue weighted by Crippen LogP contribution is 2.05. The summed E-state index contributed by atoms with van der Waals surface area (Å²) in [6, 6.07) is 0. The van der Waals surface area contributed by atoms with Gasteiger partial charge in [0, 0.05) is 39.8 Å². The van der Waals surface area contributed by atoms with Crippen LogP contribution in [0.1, 0.15) is 0 Å². The zero-order chi connectivity index (χ0) is 12.7. The number of piperazine rings is 1. The molecule has 2 N–H and O–H groups in total. The first kappa shape index (κ1) is 13.8. The molecule has 0 saturated carbocycles. The third-order valence-electron chi connectivity index (χ3n) is 2.68. The summed E-state index contributed by atoms with van der Waals surface area (Å²) in [6.07, 6.45) is 0. The van der Waals surface area contributed by atoms with Crippen LogP contribution in [0, 0.1) is 4.91 Å². The molecule has 0 atom stereocenters. The molecule has 17 heavy (non-hydrogen) atoms. The van der Waals surface area contributed by atoms with Crippen LogP contribution in [0.4, 0.5) is 0 Å². The average molecular weight is 245 g/mol. The van der Waals surface area contributed by atoms with Crippen LogP contribution in [-0.2, 0) is 9.53 Å². The lowest BCUT2D eigenvalue weighted by atomic mass is 10.3. The van der Waals surface area contributed by atoms with Gasteiger partial charge in [0.1, 0.15) is 6.54 Å². The lowest BCUT2D eigenvalue weighted by molar-refractivity contribution is -0.127. The fraction of sp³-hybridized carbons (Fsp3) is 0.889. The molecule has 0 spiro atoms. The van der Waals surface area contributed by atoms with E-state index in [9.17, 15) is 9.70 Å². The van der Waals surface area contributed by atoms with E-state index in [0.29, 0.717) is 19.7 Å². The number of carbonyl (C=O) groups is 1. The number of hydrogen-bond donors (Lipinski definition) is 1. The number of nitrogens with two attached hydrogens (primary N) is 1. The zero-order valence-corrected chi connectivity index (χ0v) is 10.0. The van der Waals surface area contributed by atoms with Crippen molar-refractivity contribution in [2.24, 2.45) is 11.0 Å². The number of nitrogens with zero attached hydrogens (tertiary/aromatic N) is 4. The second-order valence-electron chi connectivity index (χ2n) is 3.87. The summed E-state index contributed by atoms with van der Waals surface area (Å²) in [6.45, 7) is 4.33. The van der Waals surface area contributed by atoms with E-state index in [4.69, 9.17) is 10.5 Å². The number of methoxy groups -OCH3 is 1. The van der Waals surface area contributed by atoms with Crippen molar-refractivity contribution in [3.05, 3.63) is 4.91 Å². The van der Waals surface area contributed by atoms with Gasteiger partial charge in [0.25, 0.3) is 0 Å². The van der Waals surface area contributed by atoms with E-state index in [0.717, 1.165) is 24.8 Å². The third-order valence-corrected chi connectivity index (χ3v) is 2.68. The maximum Gasteiger partial charge on any atom is 0.240 e. The van der Waals surface area contributed by atoms with Gasteiger partial charge in [-0.1, -0.05) is 0 Å². The Morgan fingerprint density at radius 2 is 2.06 bits per heavy atom. The molecule has 8 heteroatoms. The number of hydrazine groups is 1. The Balaban J connectivity index is 2.33. The highest BCUT2D eigenvalue weighted by molar-refractivity contribution is 5.75. The summed E-state index contributed by atoms with van der Waals surface area (Å²) in [5, 5.41) is 5.63. The molecular formula is C9H19N5O3. The van der Waals surface area contributed by atoms with Crippen molar-refractivity contribution in [2.45, 2.75) is 0 Å². The SMILES string of the molecule is COCCN1CCN(N(CC(N)=O)N=O)CC1. The number of rotatable bonds is 7. The van der Waals surface area contributed by atoms with E-state index >= 15 is 0 Å². The molecule has 1 fully saturated rings. The predicted octanol–water partition coefficient (Wildman–Crippen LogP) is -1.37. The number of ether oxygens (including phenoxy) is 1. The van der Waals surface area contributed by atoms with Gasteiger partial charge in [-0.15, -0.1) is 4.91 Å². The molecule has 0 bridgehead atoms. The molecule has 0 aromatic carbocycles. The second kappa shape index (κ2) is 7.15. The minimum atomic E-state index is -0.564. The van der Waals surface area contributed by atoms with Crippen LogP contribution < -0.4 is 5.73 Å². The first-order valence-electron chi connectivity index (χ1n) is 5.52. The molecule has 0 aromatic rings. The fourth-order valence-corrected chi connectivity index (χ4v) is 1.73. The number of hydrogen-bond acceptors (Lipinski definition) is 6. The fourth-order valence-electron chi connectivity index (χ4n) is 1.73. The predicted molar refractivity (Wildman–Crippen MR) is 61.6 cm³/mol. The summed E-state index contributed by atoms with van der Waals surface area (Å²) < 4.78 is 5.00. The van der Waals surface area contributed by atoms with Crippen molar-refractivity contribution in [2.75, 3.05) is 53.0 Å². The largest absolute Gasteiger partial charge is 0.383 e. The van der Waals surface area contributed by atoms with Crippen molar-refractivity contribution in [3.8, 4) is 0 Å². The smallest absolute Gasteiger partial charge is 0.240 e. The van der Waals surface area contributed by atoms with E-state index in [1.54, 1.807) is 12.1 Å². The first-order chi connectivity index (χ1) is 8.17. The standard InChI is InChI=1S/C9H19N5O3/c1-17-7-6-12-2-4-13(5-3-12)14(11-16)8-9(10)15/h2-8H2,1H3,(H2,10,15). The van der Waals surface area contributed by atoms with Gasteiger partial charge in [-0.2, -0.15) is 10.1 Å². The Hall–Kier alpha value is -1.25. The van der Waals surface area contributed by atoms with Crippen LogP contribution in [0.5, 0.6) is 0 Å². The molecule has 1 amide bonds. The summed E-state index contributed by atoms with van der Waals surface area (Å²) in [5.41, 5.74) is 5.04. The van der Waals surface area contributed by atoms with E-state index in [1.807, 2.05) is 0 Å². The molecule has 1 aliphatic heterocycles. The molecule has 1 rings (SSSR count). The Morgan fingerprint density at radius 1 is 1.41 bits per heavy atom. The van der Waals surface area contributed by atoms with Gasteiger partial charge in [0.2, 0.25) is 5.91 Å². The van der Waals surface area contributed by atoms with E-state index < -0.39 is 5.91 Å². The molecule has 98 valence electrons. The van der Waals surface area contributed by atoms with Crippen molar-refractivity contribution in [3.63, 3.8) is 0 Å². The van der Waals surface area contributed by atoms with Crippen molar-refractivity contribution in [1.29, 1.82) is 0 Å². The van der Waals surface area contributed by atoms with Gasteiger partial charge in [0.05, 0.1) is 11.9 Å². The molecule has 1 heterocycles. The van der Waals surface area contributed by atoms with Crippen molar-refractivity contribution in [1.82, 2.24) is 15.0 Å². The molecule has 0 aromatic heterocycles. The third kappa shape index (κ3) is 4.63. The Bertz CT molecular complexity index is 255. The maximum absolute atomic E-state index is 10.7. The quantitative estimate of drug-likeness (QED) is 0.440. The van der Waals surface area contributed by atoms with Crippen LogP contribution in [0.2, 0.25) is 0 Å². The Morgan fingerprint density at radius 3 is 2.53 bits per heavy atom. The molecule has 0 radical (unpaired) electrons. The number of nitroso groups, excluding NO2 is 1. The summed E-state index contributed by atoms with van der Waals surface area (Å²) in [7, 11) is 1.67. The van der Waals surface area contributed by atoms with Crippen LogP contribution in [0.3, 0.4) is 0 Å². The van der Waals surface area contributed by atoms with Crippen molar-refractivity contribution < 1.29 is 9.53 Å².